The van der Waals surface area contributed by atoms with Gasteiger partial charge in [-0.25, -0.2) is 4.98 Å². The topological polar surface area (TPSA) is 17.8 Å². The van der Waals surface area contributed by atoms with Crippen LogP contribution in [0, 0.1) is 6.92 Å². The van der Waals surface area contributed by atoms with E-state index in [2.05, 4.69) is 58.9 Å². The van der Waals surface area contributed by atoms with E-state index in [-0.39, 0.29) is 6.04 Å². The van der Waals surface area contributed by atoms with Crippen molar-refractivity contribution in [1.29, 1.82) is 0 Å². The monoisotopic (exact) mass is 268 g/mol. The summed E-state index contributed by atoms with van der Waals surface area (Å²) in [5, 5.41) is 0. The van der Waals surface area contributed by atoms with Crippen LogP contribution in [0.25, 0.3) is 11.0 Å². The lowest BCUT2D eigenvalue weighted by molar-refractivity contribution is 0.679. The Morgan fingerprint density at radius 2 is 2.05 bits per heavy atom. The van der Waals surface area contributed by atoms with Crippen molar-refractivity contribution in [2.24, 2.45) is 0 Å². The van der Waals surface area contributed by atoms with E-state index in [9.17, 15) is 0 Å². The Labute approximate surface area is 116 Å². The van der Waals surface area contributed by atoms with Crippen molar-refractivity contribution in [3.05, 3.63) is 65.0 Å². The number of imidazole rings is 1. The fraction of sp³-hybridized carbons (Fsp3) is 0.188. The summed E-state index contributed by atoms with van der Waals surface area (Å²) in [6, 6.07) is 15.2. The molecule has 1 aliphatic rings. The molecule has 4 rings (SSSR count). The first-order valence-electron chi connectivity index (χ1n) is 6.42. The number of hydrogen-bond acceptors (Lipinski definition) is 1. The molecule has 1 aromatic heterocycles. The molecule has 0 spiro atoms. The SMILES string of the molecule is Cc1nc2c3cccc2n1C3c1cccc(CCl)c1. The molecule has 19 heavy (non-hydrogen) atoms. The molecule has 0 amide bonds. The third-order valence-corrected chi connectivity index (χ3v) is 4.21. The van der Waals surface area contributed by atoms with Crippen LogP contribution in [0.4, 0.5) is 0 Å². The number of nitrogens with zero attached hydrogens (tertiary/aromatic N) is 2. The highest BCUT2D eigenvalue weighted by Crippen LogP contribution is 2.41. The molecule has 1 atom stereocenters. The van der Waals surface area contributed by atoms with Crippen molar-refractivity contribution in [2.75, 3.05) is 0 Å². The minimum atomic E-state index is 0.265. The van der Waals surface area contributed by atoms with Gasteiger partial charge in [-0.2, -0.15) is 0 Å². The van der Waals surface area contributed by atoms with E-state index < -0.39 is 0 Å². The maximum absolute atomic E-state index is 5.95. The first kappa shape index (κ1) is 11.1. The van der Waals surface area contributed by atoms with Crippen LogP contribution in [-0.2, 0) is 5.88 Å². The zero-order chi connectivity index (χ0) is 13.0. The molecule has 2 aromatic carbocycles. The number of rotatable bonds is 2. The maximum Gasteiger partial charge on any atom is 0.107 e. The van der Waals surface area contributed by atoms with E-state index in [1.807, 2.05) is 0 Å². The van der Waals surface area contributed by atoms with Gasteiger partial charge in [0.25, 0.3) is 0 Å². The highest BCUT2D eigenvalue weighted by Gasteiger charge is 2.30. The Bertz CT molecular complexity index is 789. The van der Waals surface area contributed by atoms with Crippen molar-refractivity contribution in [3.8, 4) is 0 Å². The van der Waals surface area contributed by atoms with Gasteiger partial charge in [0, 0.05) is 11.4 Å². The van der Waals surface area contributed by atoms with Crippen LogP contribution in [0.2, 0.25) is 0 Å². The Morgan fingerprint density at radius 1 is 1.21 bits per heavy atom. The van der Waals surface area contributed by atoms with Crippen LogP contribution in [0.5, 0.6) is 0 Å². The summed E-state index contributed by atoms with van der Waals surface area (Å²) in [7, 11) is 0. The minimum absolute atomic E-state index is 0.265. The molecule has 2 heterocycles. The lowest BCUT2D eigenvalue weighted by Crippen LogP contribution is -2.12. The van der Waals surface area contributed by atoms with Gasteiger partial charge in [-0.1, -0.05) is 36.4 Å². The number of halogens is 1. The average molecular weight is 269 g/mol. The standard InChI is InChI=1S/C16H13ClN2/c1-10-18-15-13-6-3-7-14(15)19(10)16(13)12-5-2-4-11(8-12)9-17/h2-8,16H,9H2,1H3. The summed E-state index contributed by atoms with van der Waals surface area (Å²) in [5.41, 5.74) is 6.12. The van der Waals surface area contributed by atoms with E-state index in [1.165, 1.54) is 16.6 Å². The van der Waals surface area contributed by atoms with Crippen molar-refractivity contribution < 1.29 is 0 Å². The third kappa shape index (κ3) is 1.41. The molecule has 0 saturated heterocycles. The number of aromatic nitrogens is 2. The number of para-hydroxylation sites is 1. The second-order valence-electron chi connectivity index (χ2n) is 5.03. The largest absolute Gasteiger partial charge is 0.316 e. The Morgan fingerprint density at radius 3 is 2.84 bits per heavy atom. The van der Waals surface area contributed by atoms with E-state index in [1.54, 1.807) is 0 Å². The molecule has 0 fully saturated rings. The predicted molar refractivity (Wildman–Crippen MR) is 77.7 cm³/mol. The highest BCUT2D eigenvalue weighted by atomic mass is 35.5. The molecule has 0 aliphatic carbocycles. The molecule has 0 radical (unpaired) electrons. The quantitative estimate of drug-likeness (QED) is 0.502. The van der Waals surface area contributed by atoms with Gasteiger partial charge in [0.1, 0.15) is 5.82 Å². The Kier molecular flexibility index (Phi) is 2.24. The number of alkyl halides is 1. The van der Waals surface area contributed by atoms with Gasteiger partial charge >= 0.3 is 0 Å². The van der Waals surface area contributed by atoms with E-state index >= 15 is 0 Å². The molecule has 2 nitrogen and oxygen atoms in total. The van der Waals surface area contributed by atoms with Crippen LogP contribution in [0.15, 0.2) is 42.5 Å². The molecule has 4 bridgehead atoms. The summed E-state index contributed by atoms with van der Waals surface area (Å²) in [6.07, 6.45) is 0. The smallest absolute Gasteiger partial charge is 0.107 e. The Hall–Kier alpha value is -1.80. The first-order chi connectivity index (χ1) is 9.29. The summed E-state index contributed by atoms with van der Waals surface area (Å²) in [6.45, 7) is 2.07. The van der Waals surface area contributed by atoms with Crippen molar-refractivity contribution >= 4 is 22.6 Å². The van der Waals surface area contributed by atoms with E-state index in [4.69, 9.17) is 11.6 Å². The molecule has 94 valence electrons. The van der Waals surface area contributed by atoms with Gasteiger partial charge in [0.05, 0.1) is 17.1 Å². The first-order valence-corrected chi connectivity index (χ1v) is 6.95. The van der Waals surface area contributed by atoms with Gasteiger partial charge in [0.15, 0.2) is 0 Å². The predicted octanol–water partition coefficient (Wildman–Crippen LogP) is 4.03. The molecular formula is C16H13ClN2. The normalized spacial score (nSPS) is 16.6. The number of benzene rings is 2. The van der Waals surface area contributed by atoms with Gasteiger partial charge in [-0.15, -0.1) is 11.6 Å². The lowest BCUT2D eigenvalue weighted by atomic mass is 9.98. The fourth-order valence-corrected chi connectivity index (χ4v) is 3.28. The van der Waals surface area contributed by atoms with Crippen molar-refractivity contribution in [3.63, 3.8) is 0 Å². The van der Waals surface area contributed by atoms with Crippen LogP contribution in [-0.4, -0.2) is 9.55 Å². The van der Waals surface area contributed by atoms with Crippen molar-refractivity contribution in [1.82, 2.24) is 9.55 Å². The summed E-state index contributed by atoms with van der Waals surface area (Å²) >= 11 is 5.95. The van der Waals surface area contributed by atoms with Gasteiger partial charge in [0.2, 0.25) is 0 Å². The van der Waals surface area contributed by atoms with Gasteiger partial charge < -0.3 is 4.57 Å². The maximum atomic E-state index is 5.95. The second kappa shape index (κ2) is 3.84. The summed E-state index contributed by atoms with van der Waals surface area (Å²) < 4.78 is 2.32. The van der Waals surface area contributed by atoms with Gasteiger partial charge in [-0.05, 0) is 24.1 Å². The molecule has 0 N–H and O–H groups in total. The highest BCUT2D eigenvalue weighted by molar-refractivity contribution is 6.17. The zero-order valence-corrected chi connectivity index (χ0v) is 11.4. The van der Waals surface area contributed by atoms with Gasteiger partial charge in [-0.3, -0.25) is 0 Å². The van der Waals surface area contributed by atoms with Crippen LogP contribution >= 0.6 is 11.6 Å². The molecule has 3 heteroatoms. The van der Waals surface area contributed by atoms with E-state index in [0.29, 0.717) is 5.88 Å². The average Bonchev–Trinajstić information content (AvgIpc) is 2.84. The second-order valence-corrected chi connectivity index (χ2v) is 5.29. The summed E-state index contributed by atoms with van der Waals surface area (Å²) in [4.78, 5) is 4.64. The zero-order valence-electron chi connectivity index (χ0n) is 10.6. The third-order valence-electron chi connectivity index (χ3n) is 3.90. The summed E-state index contributed by atoms with van der Waals surface area (Å²) in [5.74, 6) is 1.63. The molecule has 0 saturated carbocycles. The van der Waals surface area contributed by atoms with Crippen molar-refractivity contribution in [2.45, 2.75) is 18.8 Å². The molecule has 1 unspecified atom stereocenters. The molecule has 1 aliphatic heterocycles. The van der Waals surface area contributed by atoms with Crippen LogP contribution in [0.3, 0.4) is 0 Å². The lowest BCUT2D eigenvalue weighted by Gasteiger charge is -2.19. The number of aryl methyl sites for hydroxylation is 1. The number of hydrogen-bond donors (Lipinski definition) is 0. The van der Waals surface area contributed by atoms with Crippen LogP contribution < -0.4 is 0 Å². The fourth-order valence-electron chi connectivity index (χ4n) is 3.12. The van der Waals surface area contributed by atoms with E-state index in [0.717, 1.165) is 16.9 Å². The Balaban J connectivity index is 1.96. The molecule has 3 aromatic rings. The minimum Gasteiger partial charge on any atom is -0.316 e. The molecular weight excluding hydrogens is 256 g/mol. The van der Waals surface area contributed by atoms with Crippen LogP contribution in [0.1, 0.15) is 28.6 Å².